The largest absolute Gasteiger partial charge is 0.573 e. The van der Waals surface area contributed by atoms with Gasteiger partial charge in [0.25, 0.3) is 0 Å². The fourth-order valence-corrected chi connectivity index (χ4v) is 3.70. The summed E-state index contributed by atoms with van der Waals surface area (Å²) in [6.07, 6.45) is -6.00. The van der Waals surface area contributed by atoms with E-state index in [1.165, 1.54) is 7.11 Å². The summed E-state index contributed by atoms with van der Waals surface area (Å²) in [5.41, 5.74) is 0.990. The average molecular weight is 530 g/mol. The molecule has 3 amide bonds. The van der Waals surface area contributed by atoms with Gasteiger partial charge in [0, 0.05) is 10.6 Å². The highest BCUT2D eigenvalue weighted by molar-refractivity contribution is 6.31. The van der Waals surface area contributed by atoms with E-state index in [1.54, 1.807) is 18.2 Å². The monoisotopic (exact) mass is 529 g/mol. The fraction of sp³-hybridized carbons (Fsp3) is 0.273. The lowest BCUT2D eigenvalue weighted by Gasteiger charge is -2.25. The maximum atomic E-state index is 13.2. The number of fused-ring (bicyclic) bond motifs is 1. The van der Waals surface area contributed by atoms with E-state index in [-0.39, 0.29) is 17.8 Å². The summed E-state index contributed by atoms with van der Waals surface area (Å²) in [6.45, 7) is -1.03. The highest BCUT2D eigenvalue weighted by atomic mass is 35.5. The molecule has 2 aromatic rings. The number of amides is 3. The van der Waals surface area contributed by atoms with Gasteiger partial charge < -0.3 is 19.3 Å². The van der Waals surface area contributed by atoms with Crippen molar-refractivity contribution in [3.05, 3.63) is 58.6 Å². The van der Waals surface area contributed by atoms with Crippen LogP contribution in [0.15, 0.2) is 47.6 Å². The quantitative estimate of drug-likeness (QED) is 0.354. The number of alkyl halides is 3. The van der Waals surface area contributed by atoms with Crippen LogP contribution < -0.4 is 9.64 Å². The highest BCUT2D eigenvalue weighted by Crippen LogP contribution is 2.32. The molecule has 1 aliphatic rings. The minimum absolute atomic E-state index is 0.0784. The lowest BCUT2D eigenvalue weighted by molar-refractivity contribution is -0.274. The Hall–Kier alpha value is -3.84. The van der Waals surface area contributed by atoms with E-state index < -0.39 is 42.9 Å². The Morgan fingerprint density at radius 3 is 2.33 bits per heavy atom. The van der Waals surface area contributed by atoms with Gasteiger partial charge in [0.1, 0.15) is 18.4 Å². The summed E-state index contributed by atoms with van der Waals surface area (Å²) in [7, 11) is 2.15. The number of hydrogen-bond donors (Lipinski definition) is 1. The zero-order valence-electron chi connectivity index (χ0n) is 18.8. The number of rotatable bonds is 5. The Morgan fingerprint density at radius 2 is 1.78 bits per heavy atom. The van der Waals surface area contributed by atoms with Crippen molar-refractivity contribution in [2.24, 2.45) is 11.0 Å². The first-order valence-corrected chi connectivity index (χ1v) is 10.5. The molecule has 0 heterocycles. The summed E-state index contributed by atoms with van der Waals surface area (Å²) in [5, 5.41) is 14.9. The van der Waals surface area contributed by atoms with Crippen molar-refractivity contribution >= 4 is 41.1 Å². The third-order valence-electron chi connectivity index (χ3n) is 5.04. The van der Waals surface area contributed by atoms with Gasteiger partial charge in [-0.05, 0) is 48.4 Å². The van der Waals surface area contributed by atoms with Crippen molar-refractivity contribution in [2.75, 3.05) is 25.9 Å². The van der Waals surface area contributed by atoms with Gasteiger partial charge in [0.15, 0.2) is 0 Å². The van der Waals surface area contributed by atoms with E-state index in [0.29, 0.717) is 26.1 Å². The number of methoxy groups -OCH3 is 2. The third kappa shape index (κ3) is 5.86. The molecule has 2 aromatic carbocycles. The normalized spacial score (nSPS) is 15.8. The van der Waals surface area contributed by atoms with Crippen LogP contribution in [0.3, 0.4) is 0 Å². The minimum atomic E-state index is -4.94. The SMILES string of the molecule is COC(=O)C1Cc2cc(Cl)ccc2/C1=N/N(CO)C(=O)N(C(=O)OC)c1ccc(OC(F)(F)F)cc1. The molecule has 0 aromatic heterocycles. The molecule has 36 heavy (non-hydrogen) atoms. The first kappa shape index (κ1) is 26.8. The maximum absolute atomic E-state index is 13.2. The van der Waals surface area contributed by atoms with Crippen LogP contribution in [0.5, 0.6) is 5.75 Å². The van der Waals surface area contributed by atoms with E-state index in [1.807, 2.05) is 0 Å². The molecule has 14 heteroatoms. The zero-order valence-corrected chi connectivity index (χ0v) is 19.5. The average Bonchev–Trinajstić information content (AvgIpc) is 3.19. The molecule has 192 valence electrons. The number of halogens is 4. The number of anilines is 1. The van der Waals surface area contributed by atoms with Gasteiger partial charge in [-0.1, -0.05) is 17.7 Å². The lowest BCUT2D eigenvalue weighted by Crippen LogP contribution is -2.45. The number of urea groups is 1. The van der Waals surface area contributed by atoms with Crippen molar-refractivity contribution in [3.63, 3.8) is 0 Å². The molecule has 0 radical (unpaired) electrons. The Bertz CT molecular complexity index is 1190. The molecule has 10 nitrogen and oxygen atoms in total. The smallest absolute Gasteiger partial charge is 0.468 e. The number of carbonyl (C=O) groups is 3. The summed E-state index contributed by atoms with van der Waals surface area (Å²) in [5.74, 6) is -2.18. The van der Waals surface area contributed by atoms with Crippen molar-refractivity contribution in [2.45, 2.75) is 12.8 Å². The lowest BCUT2D eigenvalue weighted by atomic mass is 10.1. The number of carbonyl (C=O) groups excluding carboxylic acids is 3. The van der Waals surface area contributed by atoms with Gasteiger partial charge in [-0.15, -0.1) is 13.2 Å². The number of aliphatic hydroxyl groups excluding tert-OH is 1. The summed E-state index contributed by atoms with van der Waals surface area (Å²) in [4.78, 5) is 38.4. The number of esters is 1. The van der Waals surface area contributed by atoms with Gasteiger partial charge in [-0.2, -0.15) is 15.0 Å². The molecule has 0 bridgehead atoms. The van der Waals surface area contributed by atoms with E-state index >= 15 is 0 Å². The number of imide groups is 1. The van der Waals surface area contributed by atoms with Crippen molar-refractivity contribution in [1.29, 1.82) is 0 Å². The van der Waals surface area contributed by atoms with Crippen LogP contribution in [0, 0.1) is 5.92 Å². The summed E-state index contributed by atoms with van der Waals surface area (Å²) >= 11 is 6.03. The highest BCUT2D eigenvalue weighted by Gasteiger charge is 2.37. The van der Waals surface area contributed by atoms with Crippen LogP contribution in [-0.2, 0) is 20.7 Å². The van der Waals surface area contributed by atoms with Crippen LogP contribution in [0.1, 0.15) is 11.1 Å². The van der Waals surface area contributed by atoms with Gasteiger partial charge in [0.2, 0.25) is 0 Å². The topological polar surface area (TPSA) is 118 Å². The third-order valence-corrected chi connectivity index (χ3v) is 5.28. The fourth-order valence-electron chi connectivity index (χ4n) is 3.51. The van der Waals surface area contributed by atoms with Gasteiger partial charge in [-0.3, -0.25) is 4.79 Å². The molecule has 0 spiro atoms. The van der Waals surface area contributed by atoms with Crippen molar-refractivity contribution in [1.82, 2.24) is 5.01 Å². The maximum Gasteiger partial charge on any atom is 0.573 e. The molecule has 1 atom stereocenters. The van der Waals surface area contributed by atoms with Crippen LogP contribution in [0.4, 0.5) is 28.4 Å². The van der Waals surface area contributed by atoms with Gasteiger partial charge in [0.05, 0.1) is 25.6 Å². The Morgan fingerprint density at radius 1 is 1.11 bits per heavy atom. The Labute approximate surface area is 207 Å². The number of ether oxygens (including phenoxy) is 3. The predicted molar refractivity (Wildman–Crippen MR) is 120 cm³/mol. The molecule has 3 rings (SSSR count). The molecule has 0 fully saturated rings. The molecular weight excluding hydrogens is 511 g/mol. The van der Waals surface area contributed by atoms with E-state index in [4.69, 9.17) is 16.3 Å². The summed E-state index contributed by atoms with van der Waals surface area (Å²) in [6, 6.07) is 7.30. The summed E-state index contributed by atoms with van der Waals surface area (Å²) < 4.78 is 50.6. The molecule has 0 aliphatic heterocycles. The molecule has 1 aliphatic carbocycles. The van der Waals surface area contributed by atoms with Crippen molar-refractivity contribution < 1.29 is 46.9 Å². The van der Waals surface area contributed by atoms with Crippen molar-refractivity contribution in [3.8, 4) is 5.75 Å². The van der Waals surface area contributed by atoms with Gasteiger partial charge >= 0.3 is 24.5 Å². The van der Waals surface area contributed by atoms with E-state index in [0.717, 1.165) is 31.4 Å². The molecular formula is C22H19ClF3N3O7. The number of aliphatic hydroxyl groups is 1. The second-order valence-electron chi connectivity index (χ2n) is 7.24. The van der Waals surface area contributed by atoms with Crippen LogP contribution in [0.2, 0.25) is 5.02 Å². The molecule has 1 N–H and O–H groups in total. The Kier molecular flexibility index (Phi) is 8.05. The van der Waals surface area contributed by atoms with E-state index in [9.17, 15) is 32.7 Å². The number of hydrogen-bond acceptors (Lipinski definition) is 8. The number of hydrazone groups is 1. The zero-order chi connectivity index (χ0) is 26.6. The van der Waals surface area contributed by atoms with Gasteiger partial charge in [-0.25, -0.2) is 9.59 Å². The predicted octanol–water partition coefficient (Wildman–Crippen LogP) is 3.93. The van der Waals surface area contributed by atoms with E-state index in [2.05, 4.69) is 14.6 Å². The number of benzene rings is 2. The Balaban J connectivity index is 2.00. The minimum Gasteiger partial charge on any atom is -0.468 e. The number of nitrogens with zero attached hydrogens (tertiary/aromatic N) is 3. The first-order valence-electron chi connectivity index (χ1n) is 10.1. The first-order chi connectivity index (χ1) is 17.0. The second kappa shape index (κ2) is 10.8. The van der Waals surface area contributed by atoms with Crippen LogP contribution in [0.25, 0.3) is 0 Å². The molecule has 0 saturated heterocycles. The molecule has 0 saturated carbocycles. The molecule has 1 unspecified atom stereocenters. The van der Waals surface area contributed by atoms with Crippen LogP contribution >= 0.6 is 11.6 Å². The van der Waals surface area contributed by atoms with Crippen LogP contribution in [-0.4, -0.2) is 61.2 Å². The standard InChI is InChI=1S/C22H19ClF3N3O7/c1-34-19(31)17-10-12-9-13(23)3-8-16(12)18(17)27-28(11-30)20(32)29(21(33)35-2)14-4-6-15(7-5-14)36-22(24,25)26/h3-9,17,30H,10-11H2,1-2H3/b27-18-. The second-order valence-corrected chi connectivity index (χ2v) is 7.67.